The van der Waals surface area contributed by atoms with Gasteiger partial charge in [-0.1, -0.05) is 62.8 Å². The lowest BCUT2D eigenvalue weighted by Gasteiger charge is -2.36. The van der Waals surface area contributed by atoms with E-state index >= 15 is 0 Å². The molecule has 0 radical (unpaired) electrons. The van der Waals surface area contributed by atoms with Crippen LogP contribution in [0.25, 0.3) is 0 Å². The van der Waals surface area contributed by atoms with E-state index in [-0.39, 0.29) is 0 Å². The SMILES string of the molecule is Cc1ccc(CC/C=C/CCO[Si](C)(C)C(C)(C)C)cc1. The molecule has 1 aromatic carbocycles. The summed E-state index contributed by atoms with van der Waals surface area (Å²) >= 11 is 0. The summed E-state index contributed by atoms with van der Waals surface area (Å²) in [7, 11) is -1.57. The first-order chi connectivity index (χ1) is 9.72. The molecule has 0 heterocycles. The van der Waals surface area contributed by atoms with Crippen molar-refractivity contribution in [2.24, 2.45) is 0 Å². The van der Waals surface area contributed by atoms with Crippen LogP contribution >= 0.6 is 0 Å². The van der Waals surface area contributed by atoms with E-state index in [4.69, 9.17) is 4.43 Å². The Labute approximate surface area is 132 Å². The van der Waals surface area contributed by atoms with Crippen LogP contribution in [0.15, 0.2) is 36.4 Å². The molecular weight excluding hydrogens is 272 g/mol. The van der Waals surface area contributed by atoms with Crippen LogP contribution in [0.4, 0.5) is 0 Å². The molecular formula is C19H32OSi. The third-order valence-corrected chi connectivity index (χ3v) is 8.98. The fraction of sp³-hybridized carbons (Fsp3) is 0.579. The number of allylic oxidation sites excluding steroid dienone is 1. The monoisotopic (exact) mass is 304 g/mol. The topological polar surface area (TPSA) is 9.23 Å². The Hall–Kier alpha value is -0.863. The molecule has 1 aromatic rings. The Morgan fingerprint density at radius 2 is 1.57 bits per heavy atom. The van der Waals surface area contributed by atoms with E-state index in [1.54, 1.807) is 0 Å². The van der Waals surface area contributed by atoms with Crippen LogP contribution in [0.1, 0.15) is 44.7 Å². The largest absolute Gasteiger partial charge is 0.417 e. The summed E-state index contributed by atoms with van der Waals surface area (Å²) < 4.78 is 6.16. The standard InChI is InChI=1S/C19H32OSi/c1-17-12-14-18(15-13-17)11-9-7-8-10-16-20-21(5,6)19(2,3)4/h7-8,12-15H,9-11,16H2,1-6H3/b8-7+. The van der Waals surface area contributed by atoms with Crippen molar-refractivity contribution < 1.29 is 4.43 Å². The predicted molar refractivity (Wildman–Crippen MR) is 96.4 cm³/mol. The molecule has 118 valence electrons. The quantitative estimate of drug-likeness (QED) is 0.346. The minimum Gasteiger partial charge on any atom is -0.417 e. The van der Waals surface area contributed by atoms with Gasteiger partial charge in [0.05, 0.1) is 0 Å². The average Bonchev–Trinajstić information content (AvgIpc) is 2.38. The molecule has 0 saturated heterocycles. The molecule has 1 nitrogen and oxygen atoms in total. The maximum Gasteiger partial charge on any atom is 0.191 e. The van der Waals surface area contributed by atoms with Gasteiger partial charge in [-0.15, -0.1) is 0 Å². The minimum atomic E-state index is -1.57. The Kier molecular flexibility index (Phi) is 6.89. The van der Waals surface area contributed by atoms with Crippen molar-refractivity contribution in [3.8, 4) is 0 Å². The summed E-state index contributed by atoms with van der Waals surface area (Å²) in [5, 5.41) is 0.308. The zero-order valence-electron chi connectivity index (χ0n) is 14.7. The smallest absolute Gasteiger partial charge is 0.191 e. The average molecular weight is 305 g/mol. The Morgan fingerprint density at radius 3 is 2.14 bits per heavy atom. The van der Waals surface area contributed by atoms with Crippen molar-refractivity contribution in [1.82, 2.24) is 0 Å². The molecule has 0 saturated carbocycles. The third kappa shape index (κ3) is 6.62. The number of hydrogen-bond acceptors (Lipinski definition) is 1. The highest BCUT2D eigenvalue weighted by molar-refractivity contribution is 6.74. The van der Waals surface area contributed by atoms with Crippen LogP contribution in [-0.2, 0) is 10.8 Å². The highest BCUT2D eigenvalue weighted by atomic mass is 28.4. The predicted octanol–water partition coefficient (Wildman–Crippen LogP) is 5.90. The van der Waals surface area contributed by atoms with Crippen molar-refractivity contribution in [2.75, 3.05) is 6.61 Å². The van der Waals surface area contributed by atoms with Gasteiger partial charge >= 0.3 is 0 Å². The zero-order valence-corrected chi connectivity index (χ0v) is 15.7. The summed E-state index contributed by atoms with van der Waals surface area (Å²) in [6.07, 6.45) is 7.82. The number of rotatable bonds is 7. The lowest BCUT2D eigenvalue weighted by Crippen LogP contribution is -2.40. The van der Waals surface area contributed by atoms with Gasteiger partial charge in [0.15, 0.2) is 8.32 Å². The summed E-state index contributed by atoms with van der Waals surface area (Å²) in [6.45, 7) is 14.5. The summed E-state index contributed by atoms with van der Waals surface area (Å²) in [5.41, 5.74) is 2.75. The van der Waals surface area contributed by atoms with Crippen LogP contribution < -0.4 is 0 Å². The minimum absolute atomic E-state index is 0.308. The molecule has 0 amide bonds. The normalized spacial score (nSPS) is 13.0. The molecule has 0 aliphatic heterocycles. The molecule has 21 heavy (non-hydrogen) atoms. The van der Waals surface area contributed by atoms with Gasteiger partial charge in [-0.25, -0.2) is 0 Å². The van der Waals surface area contributed by atoms with Crippen molar-refractivity contribution in [2.45, 2.75) is 65.1 Å². The molecule has 2 heteroatoms. The highest BCUT2D eigenvalue weighted by Crippen LogP contribution is 2.36. The van der Waals surface area contributed by atoms with Gasteiger partial charge in [0, 0.05) is 6.61 Å². The maximum absolute atomic E-state index is 6.16. The van der Waals surface area contributed by atoms with Crippen LogP contribution in [0.5, 0.6) is 0 Å². The fourth-order valence-electron chi connectivity index (χ4n) is 1.84. The van der Waals surface area contributed by atoms with Crippen LogP contribution in [0, 0.1) is 6.92 Å². The van der Waals surface area contributed by atoms with Gasteiger partial charge in [-0.05, 0) is 49.9 Å². The fourth-order valence-corrected chi connectivity index (χ4v) is 2.90. The van der Waals surface area contributed by atoms with Crippen molar-refractivity contribution in [3.63, 3.8) is 0 Å². The molecule has 0 N–H and O–H groups in total. The van der Waals surface area contributed by atoms with Gasteiger partial charge in [-0.3, -0.25) is 0 Å². The zero-order chi connectivity index (χ0) is 15.9. The molecule has 0 unspecified atom stereocenters. The lowest BCUT2D eigenvalue weighted by molar-refractivity contribution is 0.294. The van der Waals surface area contributed by atoms with Crippen LogP contribution in [-0.4, -0.2) is 14.9 Å². The molecule has 0 aliphatic carbocycles. The third-order valence-electron chi connectivity index (χ3n) is 4.44. The Morgan fingerprint density at radius 1 is 1.00 bits per heavy atom. The molecule has 0 spiro atoms. The van der Waals surface area contributed by atoms with Gasteiger partial charge in [0.25, 0.3) is 0 Å². The van der Waals surface area contributed by atoms with E-state index < -0.39 is 8.32 Å². The first kappa shape index (κ1) is 18.2. The van der Waals surface area contributed by atoms with Crippen LogP contribution in [0.2, 0.25) is 18.1 Å². The van der Waals surface area contributed by atoms with Gasteiger partial charge < -0.3 is 4.43 Å². The maximum atomic E-state index is 6.16. The molecule has 0 bridgehead atoms. The lowest BCUT2D eigenvalue weighted by atomic mass is 10.1. The van der Waals surface area contributed by atoms with E-state index in [1.807, 2.05) is 0 Å². The second-order valence-corrected chi connectivity index (χ2v) is 12.2. The second-order valence-electron chi connectivity index (χ2n) is 7.39. The van der Waals surface area contributed by atoms with Crippen molar-refractivity contribution in [3.05, 3.63) is 47.5 Å². The molecule has 1 rings (SSSR count). The van der Waals surface area contributed by atoms with Crippen LogP contribution in [0.3, 0.4) is 0 Å². The summed E-state index contributed by atoms with van der Waals surface area (Å²) in [4.78, 5) is 0. The number of benzene rings is 1. The van der Waals surface area contributed by atoms with Gasteiger partial charge in [0.1, 0.15) is 0 Å². The summed E-state index contributed by atoms with van der Waals surface area (Å²) in [5.74, 6) is 0. The highest BCUT2D eigenvalue weighted by Gasteiger charge is 2.36. The molecule has 0 aliphatic rings. The van der Waals surface area contributed by atoms with E-state index in [0.717, 1.165) is 25.9 Å². The molecule has 0 atom stereocenters. The molecule has 0 fully saturated rings. The van der Waals surface area contributed by atoms with E-state index in [9.17, 15) is 0 Å². The van der Waals surface area contributed by atoms with Gasteiger partial charge in [-0.2, -0.15) is 0 Å². The Bertz CT molecular complexity index is 438. The molecule has 0 aromatic heterocycles. The van der Waals surface area contributed by atoms with E-state index in [2.05, 4.69) is 77.2 Å². The van der Waals surface area contributed by atoms with Gasteiger partial charge in [0.2, 0.25) is 0 Å². The first-order valence-electron chi connectivity index (χ1n) is 8.07. The first-order valence-corrected chi connectivity index (χ1v) is 11.0. The number of hydrogen-bond donors (Lipinski definition) is 0. The number of aryl methyl sites for hydroxylation is 2. The van der Waals surface area contributed by atoms with E-state index in [1.165, 1.54) is 11.1 Å². The van der Waals surface area contributed by atoms with Crippen molar-refractivity contribution in [1.29, 1.82) is 0 Å². The Balaban J connectivity index is 2.20. The van der Waals surface area contributed by atoms with Crippen molar-refractivity contribution >= 4 is 8.32 Å². The second kappa shape index (κ2) is 7.95. The summed E-state index contributed by atoms with van der Waals surface area (Å²) in [6, 6.07) is 8.83. The van der Waals surface area contributed by atoms with E-state index in [0.29, 0.717) is 5.04 Å².